The molecule has 0 saturated heterocycles. The second kappa shape index (κ2) is 11.0. The van der Waals surface area contributed by atoms with E-state index in [0.717, 1.165) is 0 Å². The average Bonchev–Trinajstić information content (AvgIpc) is 2.41. The van der Waals surface area contributed by atoms with Crippen LogP contribution < -0.4 is 0 Å². The zero-order valence-electron chi connectivity index (χ0n) is 11.2. The first-order valence-electron chi connectivity index (χ1n) is 7.07. The maximum atomic E-state index is 9.09. The molecule has 0 heterocycles. The van der Waals surface area contributed by atoms with Crippen molar-refractivity contribution in [1.82, 2.24) is 0 Å². The van der Waals surface area contributed by atoms with Gasteiger partial charge in [-0.3, -0.25) is 0 Å². The van der Waals surface area contributed by atoms with Crippen molar-refractivity contribution in [2.45, 2.75) is 76.3 Å². The van der Waals surface area contributed by atoms with E-state index >= 15 is 0 Å². The number of halogens is 2. The van der Waals surface area contributed by atoms with Gasteiger partial charge in [0.1, 0.15) is 0 Å². The lowest BCUT2D eigenvalue weighted by Gasteiger charge is -2.17. The van der Waals surface area contributed by atoms with Gasteiger partial charge in [-0.1, -0.05) is 38.5 Å². The number of hydrogen-bond acceptors (Lipinski definition) is 3. The minimum Gasteiger partial charge on any atom is -0.582 e. The molecule has 2 saturated carbocycles. The molecule has 0 amide bonds. The van der Waals surface area contributed by atoms with E-state index in [4.69, 9.17) is 4.55 Å². The Morgan fingerprint density at radius 2 is 1.11 bits per heavy atom. The van der Waals surface area contributed by atoms with Crippen LogP contribution in [0.15, 0.2) is 9.98 Å². The molecule has 6 heteroatoms. The Balaban J connectivity index is 0.000000399. The fourth-order valence-corrected chi connectivity index (χ4v) is 2.62. The second-order valence-corrected chi connectivity index (χ2v) is 7.65. The van der Waals surface area contributed by atoms with Crippen molar-refractivity contribution >= 4 is 37.0 Å². The Bertz CT molecular complexity index is 260. The van der Waals surface area contributed by atoms with Gasteiger partial charge in [0.15, 0.2) is 31.0 Å². The molecule has 0 atom stereocenters. The van der Waals surface area contributed by atoms with Crippen LogP contribution in [0.1, 0.15) is 64.2 Å². The van der Waals surface area contributed by atoms with Gasteiger partial charge in [-0.25, -0.2) is 9.98 Å². The molecule has 0 radical (unpaired) electrons. The van der Waals surface area contributed by atoms with Crippen LogP contribution in [-0.4, -0.2) is 22.6 Å². The highest BCUT2D eigenvalue weighted by molar-refractivity contribution is 8.31. The minimum absolute atomic E-state index is 0.533. The quantitative estimate of drug-likeness (QED) is 0.528. The average molecular weight is 325 g/mol. The Kier molecular flexibility index (Phi) is 10.0. The van der Waals surface area contributed by atoms with Gasteiger partial charge in [-0.05, 0) is 25.7 Å². The summed E-state index contributed by atoms with van der Waals surface area (Å²) in [6.07, 6.45) is 13.2. The third kappa shape index (κ3) is 9.75. The third-order valence-electron chi connectivity index (χ3n) is 3.63. The van der Waals surface area contributed by atoms with Crippen molar-refractivity contribution in [3.05, 3.63) is 0 Å². The van der Waals surface area contributed by atoms with Gasteiger partial charge in [0.2, 0.25) is 0 Å². The monoisotopic (exact) mass is 324 g/mol. The minimum atomic E-state index is -1.67. The third-order valence-corrected chi connectivity index (χ3v) is 3.63. The Labute approximate surface area is 128 Å². The number of nitrogens with zero attached hydrogens (tertiary/aromatic N) is 2. The van der Waals surface area contributed by atoms with Gasteiger partial charge in [-0.15, -0.1) is 0 Å². The maximum Gasteiger partial charge on any atom is 0.198 e. The van der Waals surface area contributed by atoms with Gasteiger partial charge in [0.25, 0.3) is 0 Å². The first-order valence-corrected chi connectivity index (χ1v) is 9.87. The van der Waals surface area contributed by atoms with Crippen LogP contribution in [0.2, 0.25) is 0 Å². The highest BCUT2D eigenvalue weighted by Gasteiger charge is 2.12. The van der Waals surface area contributed by atoms with Crippen molar-refractivity contribution in [2.24, 2.45) is 9.98 Å². The van der Waals surface area contributed by atoms with Gasteiger partial charge in [0.05, 0.1) is 18.1 Å². The van der Waals surface area contributed by atoms with E-state index in [-0.39, 0.29) is 0 Å². The number of aliphatic imine (C=N–C) groups is 2. The lowest BCUT2D eigenvalue weighted by Crippen LogP contribution is -2.10. The largest absolute Gasteiger partial charge is 0.582 e. The fourth-order valence-electron chi connectivity index (χ4n) is 2.62. The van der Waals surface area contributed by atoms with E-state index in [1.807, 2.05) is 0 Å². The molecule has 19 heavy (non-hydrogen) atoms. The number of rotatable bonds is 2. The van der Waals surface area contributed by atoms with Gasteiger partial charge >= 0.3 is 0 Å². The lowest BCUT2D eigenvalue weighted by atomic mass is 9.96. The summed E-state index contributed by atoms with van der Waals surface area (Å²) in [5.74, 6) is 0. The summed E-state index contributed by atoms with van der Waals surface area (Å²) in [6, 6.07) is 4.04. The van der Waals surface area contributed by atoms with E-state index in [2.05, 4.69) is 37.4 Å². The van der Waals surface area contributed by atoms with E-state index in [1.165, 1.54) is 64.2 Å². The molecule has 0 N–H and O–H groups in total. The summed E-state index contributed by atoms with van der Waals surface area (Å²) in [7, 11) is 7.36. The molecule has 110 valence electrons. The smallest absolute Gasteiger partial charge is 0.198 e. The summed E-state index contributed by atoms with van der Waals surface area (Å²) >= 11 is 0. The summed E-state index contributed by atoms with van der Waals surface area (Å²) in [5.41, 5.74) is 0. The highest BCUT2D eigenvalue weighted by Crippen LogP contribution is 2.21. The first-order chi connectivity index (χ1) is 9.18. The lowest BCUT2D eigenvalue weighted by molar-refractivity contribution is 0.438. The summed E-state index contributed by atoms with van der Waals surface area (Å²) in [6.45, 7) is 0. The molecule has 3 nitrogen and oxygen atoms in total. The Hall–Kier alpha value is 0.270. The molecule has 0 aromatic carbocycles. The molecule has 0 spiro atoms. The normalized spacial score (nSPS) is 21.3. The molecule has 0 unspecified atom stereocenters. The Morgan fingerprint density at radius 1 is 0.789 bits per heavy atom. The molecule has 2 fully saturated rings. The second-order valence-electron chi connectivity index (χ2n) is 5.13. The van der Waals surface area contributed by atoms with Crippen LogP contribution >= 0.6 is 21.4 Å². The molecule has 2 rings (SSSR count). The maximum absolute atomic E-state index is 9.09. The van der Waals surface area contributed by atoms with E-state index in [0.29, 0.717) is 12.1 Å². The highest BCUT2D eigenvalue weighted by atomic mass is 36.0. The van der Waals surface area contributed by atoms with Crippen molar-refractivity contribution in [2.75, 3.05) is 0 Å². The van der Waals surface area contributed by atoms with Gasteiger partial charge < -0.3 is 4.55 Å². The standard InChI is InChI=1S/C13H22N2.Cl2OS/c1-3-7-12(8-4-1)14-11-15-13-9-5-2-6-10-13;1-4(2)3/h12-13H,1-10H2;. The van der Waals surface area contributed by atoms with Crippen LogP contribution in [0.5, 0.6) is 0 Å². The molecular formula is C13H22Cl2N2OS. The van der Waals surface area contributed by atoms with E-state index < -0.39 is 9.60 Å². The fraction of sp³-hybridized carbons (Fsp3) is 0.923. The van der Waals surface area contributed by atoms with Crippen molar-refractivity contribution in [3.8, 4) is 0 Å². The zero-order chi connectivity index (χ0) is 13.9. The van der Waals surface area contributed by atoms with Crippen molar-refractivity contribution < 1.29 is 4.55 Å². The van der Waals surface area contributed by atoms with E-state index in [9.17, 15) is 0 Å². The van der Waals surface area contributed by atoms with E-state index in [1.54, 1.807) is 0 Å². The summed E-state index contributed by atoms with van der Waals surface area (Å²) in [4.78, 5) is 8.92. The molecule has 2 aliphatic rings. The predicted molar refractivity (Wildman–Crippen MR) is 83.5 cm³/mol. The Morgan fingerprint density at radius 3 is 1.42 bits per heavy atom. The van der Waals surface area contributed by atoms with Gasteiger partial charge in [0, 0.05) is 0 Å². The molecule has 2 aliphatic carbocycles. The molecule has 0 aliphatic heterocycles. The topological polar surface area (TPSA) is 47.8 Å². The predicted octanol–water partition coefficient (Wildman–Crippen LogP) is 4.87. The first kappa shape index (κ1) is 17.3. The zero-order valence-corrected chi connectivity index (χ0v) is 13.5. The molecule has 0 aromatic rings. The van der Waals surface area contributed by atoms with Crippen molar-refractivity contribution in [3.63, 3.8) is 0 Å². The van der Waals surface area contributed by atoms with Gasteiger partial charge in [-0.2, -0.15) is 0 Å². The van der Waals surface area contributed by atoms with Crippen LogP contribution in [-0.2, 0) is 9.60 Å². The summed E-state index contributed by atoms with van der Waals surface area (Å²) in [5, 5.41) is 0. The SMILES string of the molecule is C(=NC1CCCCC1)=NC1CCCCC1.[O-][S+](Cl)Cl. The van der Waals surface area contributed by atoms with Crippen LogP contribution in [0, 0.1) is 0 Å². The van der Waals surface area contributed by atoms with Crippen LogP contribution in [0.25, 0.3) is 0 Å². The van der Waals surface area contributed by atoms with Crippen molar-refractivity contribution in [1.29, 1.82) is 0 Å². The molecule has 0 bridgehead atoms. The molecule has 0 aromatic heterocycles. The molecular weight excluding hydrogens is 303 g/mol. The van der Waals surface area contributed by atoms with Crippen LogP contribution in [0.3, 0.4) is 0 Å². The van der Waals surface area contributed by atoms with Crippen LogP contribution in [0.4, 0.5) is 0 Å². The number of hydrogen-bond donors (Lipinski definition) is 0. The summed E-state index contributed by atoms with van der Waals surface area (Å²) < 4.78 is 9.09.